The van der Waals surface area contributed by atoms with Gasteiger partial charge in [0, 0.05) is 21.2 Å². The smallest absolute Gasteiger partial charge is 0.257 e. The van der Waals surface area contributed by atoms with Gasteiger partial charge in [0.05, 0.1) is 10.0 Å². The molecule has 0 radical (unpaired) electrons. The highest BCUT2D eigenvalue weighted by Gasteiger charge is 2.12. The van der Waals surface area contributed by atoms with E-state index in [1.807, 2.05) is 29.6 Å². The molecule has 0 atom stereocenters. The highest BCUT2D eigenvalue weighted by Crippen LogP contribution is 2.27. The number of nitrogens with one attached hydrogen (secondary N) is 1. The molecule has 0 aliphatic heterocycles. The number of thiophene rings is 1. The summed E-state index contributed by atoms with van der Waals surface area (Å²) in [6.07, 6.45) is 0. The van der Waals surface area contributed by atoms with Crippen LogP contribution in [0.2, 0.25) is 0 Å². The number of anilines is 1. The van der Waals surface area contributed by atoms with Crippen LogP contribution in [0.15, 0.2) is 52.3 Å². The van der Waals surface area contributed by atoms with Crippen molar-refractivity contribution in [2.45, 2.75) is 0 Å². The van der Waals surface area contributed by atoms with Gasteiger partial charge >= 0.3 is 0 Å². The number of carbonyl (C=O) groups excluding carboxylic acids is 1. The van der Waals surface area contributed by atoms with Crippen molar-refractivity contribution in [1.82, 2.24) is 0 Å². The van der Waals surface area contributed by atoms with E-state index in [9.17, 15) is 9.18 Å². The first-order valence-electron chi connectivity index (χ1n) is 5.88. The second kappa shape index (κ2) is 5.34. The fourth-order valence-electron chi connectivity index (χ4n) is 1.93. The second-order valence-corrected chi connectivity index (χ2v) is 5.99. The van der Waals surface area contributed by atoms with Crippen LogP contribution in [0.5, 0.6) is 0 Å². The first-order chi connectivity index (χ1) is 9.65. The van der Waals surface area contributed by atoms with E-state index in [2.05, 4.69) is 21.2 Å². The third-order valence-electron chi connectivity index (χ3n) is 2.90. The van der Waals surface area contributed by atoms with Gasteiger partial charge in [-0.05, 0) is 40.2 Å². The molecule has 0 bridgehead atoms. The van der Waals surface area contributed by atoms with Gasteiger partial charge in [0.15, 0.2) is 0 Å². The van der Waals surface area contributed by atoms with Gasteiger partial charge < -0.3 is 5.32 Å². The Hall–Kier alpha value is -1.72. The number of hydrogen-bond donors (Lipinski definition) is 1. The van der Waals surface area contributed by atoms with Crippen molar-refractivity contribution in [3.63, 3.8) is 0 Å². The molecule has 0 unspecified atom stereocenters. The number of rotatable bonds is 2. The van der Waals surface area contributed by atoms with Crippen LogP contribution in [-0.2, 0) is 0 Å². The van der Waals surface area contributed by atoms with Crippen molar-refractivity contribution >= 4 is 48.9 Å². The van der Waals surface area contributed by atoms with Crippen molar-refractivity contribution in [3.8, 4) is 0 Å². The number of halogens is 2. The van der Waals surface area contributed by atoms with Crippen LogP contribution in [0.4, 0.5) is 10.1 Å². The number of carbonyl (C=O) groups is 1. The molecule has 100 valence electrons. The lowest BCUT2D eigenvalue weighted by atomic mass is 10.1. The number of amides is 1. The molecule has 1 aromatic heterocycles. The van der Waals surface area contributed by atoms with Gasteiger partial charge in [-0.3, -0.25) is 4.79 Å². The summed E-state index contributed by atoms with van der Waals surface area (Å²) in [5.41, 5.74) is 1.04. The van der Waals surface area contributed by atoms with E-state index in [1.165, 1.54) is 17.4 Å². The fourth-order valence-corrected chi connectivity index (χ4v) is 3.11. The Morgan fingerprint density at radius 1 is 1.20 bits per heavy atom. The van der Waals surface area contributed by atoms with Gasteiger partial charge in [0.25, 0.3) is 5.91 Å². The molecule has 2 aromatic carbocycles. The summed E-state index contributed by atoms with van der Waals surface area (Å²) in [6, 6.07) is 12.2. The Morgan fingerprint density at radius 2 is 2.00 bits per heavy atom. The zero-order valence-electron chi connectivity index (χ0n) is 10.2. The topological polar surface area (TPSA) is 29.1 Å². The van der Waals surface area contributed by atoms with Crippen LogP contribution >= 0.6 is 27.3 Å². The van der Waals surface area contributed by atoms with Gasteiger partial charge in [0.2, 0.25) is 0 Å². The average molecular weight is 350 g/mol. The van der Waals surface area contributed by atoms with Gasteiger partial charge in [-0.2, -0.15) is 0 Å². The lowest BCUT2D eigenvalue weighted by molar-refractivity contribution is 0.102. The maximum Gasteiger partial charge on any atom is 0.257 e. The third kappa shape index (κ3) is 2.46. The highest BCUT2D eigenvalue weighted by atomic mass is 79.9. The van der Waals surface area contributed by atoms with Crippen LogP contribution in [-0.4, -0.2) is 5.91 Å². The molecule has 0 aliphatic rings. The molecule has 2 nitrogen and oxygen atoms in total. The van der Waals surface area contributed by atoms with Crippen LogP contribution in [0.3, 0.4) is 0 Å². The Kier molecular flexibility index (Phi) is 3.54. The minimum absolute atomic E-state index is 0.232. The SMILES string of the molecule is O=C(Nc1ccc(Br)c(F)c1)c1csc2ccccc12. The zero-order chi connectivity index (χ0) is 14.1. The van der Waals surface area contributed by atoms with Crippen LogP contribution < -0.4 is 5.32 Å². The van der Waals surface area contributed by atoms with Gasteiger partial charge in [-0.25, -0.2) is 4.39 Å². The van der Waals surface area contributed by atoms with Gasteiger partial charge in [0.1, 0.15) is 5.82 Å². The minimum atomic E-state index is -0.405. The van der Waals surface area contributed by atoms with Crippen molar-refractivity contribution < 1.29 is 9.18 Å². The number of benzene rings is 2. The molecule has 0 spiro atoms. The first-order valence-corrected chi connectivity index (χ1v) is 7.55. The van der Waals surface area contributed by atoms with E-state index in [0.717, 1.165) is 10.1 Å². The molecule has 3 aromatic rings. The molecule has 20 heavy (non-hydrogen) atoms. The first kappa shape index (κ1) is 13.3. The summed E-state index contributed by atoms with van der Waals surface area (Å²) in [6.45, 7) is 0. The highest BCUT2D eigenvalue weighted by molar-refractivity contribution is 9.10. The van der Waals surface area contributed by atoms with Crippen LogP contribution in [0.25, 0.3) is 10.1 Å². The average Bonchev–Trinajstić information content (AvgIpc) is 2.87. The van der Waals surface area contributed by atoms with E-state index in [1.54, 1.807) is 12.1 Å². The van der Waals surface area contributed by atoms with Crippen LogP contribution in [0.1, 0.15) is 10.4 Å². The van der Waals surface area contributed by atoms with E-state index < -0.39 is 5.82 Å². The maximum absolute atomic E-state index is 13.4. The largest absolute Gasteiger partial charge is 0.322 e. The maximum atomic E-state index is 13.4. The third-order valence-corrected chi connectivity index (χ3v) is 4.51. The van der Waals surface area contributed by atoms with Crippen molar-refractivity contribution in [2.75, 3.05) is 5.32 Å². The predicted octanol–water partition coefficient (Wildman–Crippen LogP) is 5.06. The van der Waals surface area contributed by atoms with Gasteiger partial charge in [-0.1, -0.05) is 18.2 Å². The van der Waals surface area contributed by atoms with E-state index >= 15 is 0 Å². The molecule has 0 saturated carbocycles. The second-order valence-electron chi connectivity index (χ2n) is 4.23. The van der Waals surface area contributed by atoms with Crippen LogP contribution in [0, 0.1) is 5.82 Å². The molecule has 0 saturated heterocycles. The number of hydrogen-bond acceptors (Lipinski definition) is 2. The predicted molar refractivity (Wildman–Crippen MR) is 83.9 cm³/mol. The monoisotopic (exact) mass is 349 g/mol. The standard InChI is InChI=1S/C15H9BrFNOS/c16-12-6-5-9(7-13(12)17)18-15(19)11-8-20-14-4-2-1-3-10(11)14/h1-8H,(H,18,19). The Morgan fingerprint density at radius 3 is 2.80 bits per heavy atom. The number of fused-ring (bicyclic) bond motifs is 1. The lowest BCUT2D eigenvalue weighted by Crippen LogP contribution is -2.11. The molecule has 1 N–H and O–H groups in total. The summed E-state index contributed by atoms with van der Waals surface area (Å²) in [5, 5.41) is 5.44. The Labute approximate surface area is 127 Å². The molecule has 1 heterocycles. The molecular formula is C15H9BrFNOS. The summed E-state index contributed by atoms with van der Waals surface area (Å²) in [4.78, 5) is 12.2. The zero-order valence-corrected chi connectivity index (χ0v) is 12.6. The molecule has 0 fully saturated rings. The summed E-state index contributed by atoms with van der Waals surface area (Å²) in [5.74, 6) is -0.637. The normalized spacial score (nSPS) is 10.7. The quantitative estimate of drug-likeness (QED) is 0.688. The molecule has 5 heteroatoms. The van der Waals surface area contributed by atoms with Crippen molar-refractivity contribution in [1.29, 1.82) is 0 Å². The van der Waals surface area contributed by atoms with E-state index in [4.69, 9.17) is 0 Å². The molecular weight excluding hydrogens is 341 g/mol. The van der Waals surface area contributed by atoms with Gasteiger partial charge in [-0.15, -0.1) is 11.3 Å². The lowest BCUT2D eigenvalue weighted by Gasteiger charge is -2.05. The minimum Gasteiger partial charge on any atom is -0.322 e. The molecule has 0 aliphatic carbocycles. The summed E-state index contributed by atoms with van der Waals surface area (Å²) in [7, 11) is 0. The van der Waals surface area contributed by atoms with Crippen molar-refractivity contribution in [3.05, 3.63) is 63.7 Å². The summed E-state index contributed by atoms with van der Waals surface area (Å²) >= 11 is 4.60. The molecule has 1 amide bonds. The Bertz CT molecular complexity index is 799. The summed E-state index contributed by atoms with van der Waals surface area (Å²) < 4.78 is 14.9. The fraction of sp³-hybridized carbons (Fsp3) is 0. The van der Waals surface area contributed by atoms with Crippen molar-refractivity contribution in [2.24, 2.45) is 0 Å². The van der Waals surface area contributed by atoms with E-state index in [-0.39, 0.29) is 5.91 Å². The van der Waals surface area contributed by atoms with E-state index in [0.29, 0.717) is 15.7 Å². The molecule has 3 rings (SSSR count). The Balaban J connectivity index is 1.91.